The van der Waals surface area contributed by atoms with Crippen molar-refractivity contribution in [2.45, 2.75) is 26.8 Å². The van der Waals surface area contributed by atoms with Crippen LogP contribution in [0.3, 0.4) is 0 Å². The molecule has 2 heterocycles. The maximum atomic E-state index is 12.0. The Morgan fingerprint density at radius 3 is 2.80 bits per heavy atom. The molecule has 1 aromatic heterocycles. The lowest BCUT2D eigenvalue weighted by Crippen LogP contribution is -2.38. The number of nitrogens with zero attached hydrogens (tertiary/aromatic N) is 1. The van der Waals surface area contributed by atoms with Crippen molar-refractivity contribution < 1.29 is 19.1 Å². The Bertz CT molecular complexity index is 495. The molecule has 110 valence electrons. The van der Waals surface area contributed by atoms with Crippen LogP contribution in [0.4, 0.5) is 4.79 Å². The predicted molar refractivity (Wildman–Crippen MR) is 72.4 cm³/mol. The Kier molecular flexibility index (Phi) is 4.32. The highest BCUT2D eigenvalue weighted by atomic mass is 16.4. The van der Waals surface area contributed by atoms with Gasteiger partial charge in [-0.2, -0.15) is 0 Å². The molecule has 0 bridgehead atoms. The van der Waals surface area contributed by atoms with Gasteiger partial charge in [0.05, 0.1) is 6.54 Å². The molecule has 0 saturated carbocycles. The number of hydrogen-bond donors (Lipinski definition) is 2. The molecule has 0 aromatic carbocycles. The van der Waals surface area contributed by atoms with Crippen molar-refractivity contribution in [1.82, 2.24) is 10.2 Å². The minimum absolute atomic E-state index is 0.115. The van der Waals surface area contributed by atoms with Crippen LogP contribution in [0.2, 0.25) is 0 Å². The zero-order valence-corrected chi connectivity index (χ0v) is 11.8. The average molecular weight is 280 g/mol. The number of urea groups is 1. The summed E-state index contributed by atoms with van der Waals surface area (Å²) < 4.78 is 5.08. The van der Waals surface area contributed by atoms with Crippen LogP contribution >= 0.6 is 0 Å². The molecular weight excluding hydrogens is 260 g/mol. The van der Waals surface area contributed by atoms with Gasteiger partial charge in [-0.25, -0.2) is 9.59 Å². The van der Waals surface area contributed by atoms with Crippen molar-refractivity contribution in [1.29, 1.82) is 0 Å². The highest BCUT2D eigenvalue weighted by Crippen LogP contribution is 2.23. The third-order valence-corrected chi connectivity index (χ3v) is 3.74. The molecule has 0 aliphatic carbocycles. The lowest BCUT2D eigenvalue weighted by Gasteiger charge is -2.18. The summed E-state index contributed by atoms with van der Waals surface area (Å²) in [6.45, 7) is 6.09. The van der Waals surface area contributed by atoms with Gasteiger partial charge in [0.2, 0.25) is 5.76 Å². The Labute approximate surface area is 117 Å². The van der Waals surface area contributed by atoms with Gasteiger partial charge in [0.25, 0.3) is 0 Å². The van der Waals surface area contributed by atoms with E-state index in [-0.39, 0.29) is 18.3 Å². The Morgan fingerprint density at radius 1 is 1.50 bits per heavy atom. The SMILES string of the molecule is CC(C)C1CCN(C(=O)NCc2ccc(C(=O)O)o2)C1. The fourth-order valence-electron chi connectivity index (χ4n) is 2.38. The van der Waals surface area contributed by atoms with E-state index in [0.29, 0.717) is 17.6 Å². The van der Waals surface area contributed by atoms with Gasteiger partial charge in [-0.1, -0.05) is 13.8 Å². The zero-order chi connectivity index (χ0) is 14.7. The topological polar surface area (TPSA) is 82.8 Å². The molecule has 1 aliphatic rings. The number of carboxylic acids is 1. The van der Waals surface area contributed by atoms with Crippen molar-refractivity contribution in [2.24, 2.45) is 11.8 Å². The monoisotopic (exact) mass is 280 g/mol. The third kappa shape index (κ3) is 3.31. The molecule has 2 amide bonds. The van der Waals surface area contributed by atoms with Gasteiger partial charge in [0, 0.05) is 13.1 Å². The zero-order valence-electron chi connectivity index (χ0n) is 11.8. The van der Waals surface area contributed by atoms with Gasteiger partial charge >= 0.3 is 12.0 Å². The molecule has 1 atom stereocenters. The van der Waals surface area contributed by atoms with Gasteiger partial charge in [0.15, 0.2) is 0 Å². The molecule has 1 fully saturated rings. The first-order valence-corrected chi connectivity index (χ1v) is 6.82. The molecule has 2 N–H and O–H groups in total. The average Bonchev–Trinajstić information content (AvgIpc) is 3.05. The van der Waals surface area contributed by atoms with E-state index in [9.17, 15) is 9.59 Å². The lowest BCUT2D eigenvalue weighted by molar-refractivity contribution is 0.0660. The second kappa shape index (κ2) is 5.98. The minimum atomic E-state index is -1.11. The molecule has 2 rings (SSSR count). The lowest BCUT2D eigenvalue weighted by atomic mass is 9.95. The number of rotatable bonds is 4. The van der Waals surface area contributed by atoms with Gasteiger partial charge in [-0.15, -0.1) is 0 Å². The first-order valence-electron chi connectivity index (χ1n) is 6.82. The molecule has 1 aromatic rings. The van der Waals surface area contributed by atoms with Crippen molar-refractivity contribution in [3.8, 4) is 0 Å². The number of likely N-dealkylation sites (tertiary alicyclic amines) is 1. The van der Waals surface area contributed by atoms with Gasteiger partial charge in [0.1, 0.15) is 5.76 Å². The van der Waals surface area contributed by atoms with E-state index < -0.39 is 5.97 Å². The summed E-state index contributed by atoms with van der Waals surface area (Å²) in [7, 11) is 0. The largest absolute Gasteiger partial charge is 0.475 e. The van der Waals surface area contributed by atoms with Gasteiger partial charge in [-0.3, -0.25) is 0 Å². The minimum Gasteiger partial charge on any atom is -0.475 e. The number of carbonyl (C=O) groups excluding carboxylic acids is 1. The van der Waals surface area contributed by atoms with E-state index in [0.717, 1.165) is 19.5 Å². The number of nitrogens with one attached hydrogen (secondary N) is 1. The highest BCUT2D eigenvalue weighted by Gasteiger charge is 2.27. The summed E-state index contributed by atoms with van der Waals surface area (Å²) in [5.74, 6) is 0.353. The fourth-order valence-corrected chi connectivity index (χ4v) is 2.38. The van der Waals surface area contributed by atoms with Crippen molar-refractivity contribution in [2.75, 3.05) is 13.1 Å². The highest BCUT2D eigenvalue weighted by molar-refractivity contribution is 5.84. The summed E-state index contributed by atoms with van der Waals surface area (Å²) in [6.07, 6.45) is 1.04. The maximum Gasteiger partial charge on any atom is 0.371 e. The number of carbonyl (C=O) groups is 2. The van der Waals surface area contributed by atoms with Crippen LogP contribution in [-0.2, 0) is 6.54 Å². The third-order valence-electron chi connectivity index (χ3n) is 3.74. The summed E-state index contributed by atoms with van der Waals surface area (Å²) in [4.78, 5) is 24.5. The first-order chi connectivity index (χ1) is 9.47. The number of carboxylic acid groups (broad SMARTS) is 1. The quantitative estimate of drug-likeness (QED) is 0.885. The number of amides is 2. The van der Waals surface area contributed by atoms with E-state index in [1.54, 1.807) is 11.0 Å². The normalized spacial score (nSPS) is 18.6. The van der Waals surface area contributed by atoms with Crippen molar-refractivity contribution in [3.05, 3.63) is 23.7 Å². The second-order valence-electron chi connectivity index (χ2n) is 5.47. The molecule has 1 aliphatic heterocycles. The first kappa shape index (κ1) is 14.4. The van der Waals surface area contributed by atoms with E-state index in [1.807, 2.05) is 0 Å². The number of furan rings is 1. The summed E-state index contributed by atoms with van der Waals surface area (Å²) in [5.41, 5.74) is 0. The molecule has 6 heteroatoms. The number of hydrogen-bond acceptors (Lipinski definition) is 3. The fraction of sp³-hybridized carbons (Fsp3) is 0.571. The number of aromatic carboxylic acids is 1. The molecule has 0 spiro atoms. The predicted octanol–water partition coefficient (Wildman–Crippen LogP) is 2.17. The van der Waals surface area contributed by atoms with Crippen LogP contribution in [-0.4, -0.2) is 35.1 Å². The standard InChI is InChI=1S/C14H20N2O4/c1-9(2)10-5-6-16(8-10)14(19)15-7-11-3-4-12(20-11)13(17)18/h3-4,9-10H,5-8H2,1-2H3,(H,15,19)(H,17,18). The van der Waals surface area contributed by atoms with Crippen LogP contribution in [0, 0.1) is 11.8 Å². The van der Waals surface area contributed by atoms with E-state index in [2.05, 4.69) is 19.2 Å². The van der Waals surface area contributed by atoms with Crippen LogP contribution in [0.25, 0.3) is 0 Å². The van der Waals surface area contributed by atoms with E-state index in [4.69, 9.17) is 9.52 Å². The summed E-state index contributed by atoms with van der Waals surface area (Å²) >= 11 is 0. The molecule has 1 saturated heterocycles. The second-order valence-corrected chi connectivity index (χ2v) is 5.47. The van der Waals surface area contributed by atoms with E-state index >= 15 is 0 Å². The smallest absolute Gasteiger partial charge is 0.371 e. The van der Waals surface area contributed by atoms with Crippen molar-refractivity contribution >= 4 is 12.0 Å². The van der Waals surface area contributed by atoms with Gasteiger partial charge < -0.3 is 19.7 Å². The van der Waals surface area contributed by atoms with Crippen LogP contribution < -0.4 is 5.32 Å². The van der Waals surface area contributed by atoms with Crippen LogP contribution in [0.15, 0.2) is 16.5 Å². The van der Waals surface area contributed by atoms with Crippen LogP contribution in [0.5, 0.6) is 0 Å². The summed E-state index contributed by atoms with van der Waals surface area (Å²) in [6, 6.07) is 2.82. The van der Waals surface area contributed by atoms with Gasteiger partial charge in [-0.05, 0) is 30.4 Å². The summed E-state index contributed by atoms with van der Waals surface area (Å²) in [5, 5.41) is 11.5. The maximum absolute atomic E-state index is 12.0. The Hall–Kier alpha value is -1.98. The molecule has 20 heavy (non-hydrogen) atoms. The molecule has 6 nitrogen and oxygen atoms in total. The van der Waals surface area contributed by atoms with Crippen molar-refractivity contribution in [3.63, 3.8) is 0 Å². The van der Waals surface area contributed by atoms with Crippen LogP contribution in [0.1, 0.15) is 36.6 Å². The Morgan fingerprint density at radius 2 is 2.25 bits per heavy atom. The molecule has 1 unspecified atom stereocenters. The molecular formula is C14H20N2O4. The Balaban J connectivity index is 1.82. The molecule has 0 radical (unpaired) electrons. The van der Waals surface area contributed by atoms with E-state index in [1.165, 1.54) is 6.07 Å².